The summed E-state index contributed by atoms with van der Waals surface area (Å²) in [6, 6.07) is 0. The van der Waals surface area contributed by atoms with Crippen LogP contribution in [-0.4, -0.2) is 54.7 Å². The fourth-order valence-corrected chi connectivity index (χ4v) is 1.38. The molecule has 9 nitrogen and oxygen atoms in total. The molecule has 0 unspecified atom stereocenters. The van der Waals surface area contributed by atoms with Gasteiger partial charge in [-0.2, -0.15) is 0 Å². The number of rotatable bonds is 7. The number of hydrazine groups is 2. The van der Waals surface area contributed by atoms with Crippen LogP contribution < -0.4 is 21.9 Å². The number of amides is 2. The van der Waals surface area contributed by atoms with E-state index in [4.69, 9.17) is 15.2 Å². The van der Waals surface area contributed by atoms with E-state index in [2.05, 4.69) is 16.2 Å². The Morgan fingerprint density at radius 3 is 1.70 bits per heavy atom. The van der Waals surface area contributed by atoms with Crippen molar-refractivity contribution in [1.82, 2.24) is 21.3 Å². The Bertz CT molecular complexity index is 346. The fourth-order valence-electron chi connectivity index (χ4n) is 1.38. The molecule has 136 valence electrons. The Hall–Kier alpha value is -1.58. The summed E-state index contributed by atoms with van der Waals surface area (Å²) in [5.74, 6) is 0. The molecule has 0 atom stereocenters. The highest BCUT2D eigenvalue weighted by Gasteiger charge is 2.21. The summed E-state index contributed by atoms with van der Waals surface area (Å²) in [7, 11) is 0. The number of hydrogen-bond acceptors (Lipinski definition) is 7. The second-order valence-electron chi connectivity index (χ2n) is 6.92. The van der Waals surface area contributed by atoms with Crippen LogP contribution in [0.3, 0.4) is 0 Å². The zero-order chi connectivity index (χ0) is 18.1. The molecule has 0 aromatic carbocycles. The molecule has 0 aromatic rings. The van der Waals surface area contributed by atoms with Gasteiger partial charge in [0.05, 0.1) is 6.54 Å². The van der Waals surface area contributed by atoms with Crippen molar-refractivity contribution in [3.63, 3.8) is 0 Å². The van der Waals surface area contributed by atoms with Crippen LogP contribution in [0.25, 0.3) is 0 Å². The van der Waals surface area contributed by atoms with E-state index in [1.54, 1.807) is 41.5 Å². The standard InChI is InChI=1S/C14H31N5O4/c1-13(2,3)22-11(20)17-19(10-9-16-8-7-15)18-12(21)23-14(4,5)6/h16H,7-10,15H2,1-6H3,(H,17,20)(H,18,21). The summed E-state index contributed by atoms with van der Waals surface area (Å²) >= 11 is 0. The maximum Gasteiger partial charge on any atom is 0.423 e. The predicted octanol–water partition coefficient (Wildman–Crippen LogP) is 0.716. The van der Waals surface area contributed by atoms with Crippen molar-refractivity contribution in [3.8, 4) is 0 Å². The van der Waals surface area contributed by atoms with E-state index in [0.29, 0.717) is 26.2 Å². The highest BCUT2D eigenvalue weighted by Crippen LogP contribution is 2.07. The van der Waals surface area contributed by atoms with E-state index >= 15 is 0 Å². The van der Waals surface area contributed by atoms with Crippen molar-refractivity contribution in [2.24, 2.45) is 5.73 Å². The summed E-state index contributed by atoms with van der Waals surface area (Å²) in [4.78, 5) is 23.6. The van der Waals surface area contributed by atoms with Gasteiger partial charge in [-0.15, -0.1) is 5.12 Å². The number of carbonyl (C=O) groups is 2. The lowest BCUT2D eigenvalue weighted by Gasteiger charge is -2.27. The van der Waals surface area contributed by atoms with Gasteiger partial charge in [0.25, 0.3) is 0 Å². The molecule has 0 fully saturated rings. The molecule has 0 aliphatic carbocycles. The van der Waals surface area contributed by atoms with Crippen molar-refractivity contribution in [2.75, 3.05) is 26.2 Å². The number of hydrogen-bond donors (Lipinski definition) is 4. The van der Waals surface area contributed by atoms with Crippen molar-refractivity contribution in [2.45, 2.75) is 52.7 Å². The first kappa shape index (κ1) is 21.4. The largest absolute Gasteiger partial charge is 0.443 e. The van der Waals surface area contributed by atoms with Crippen LogP contribution >= 0.6 is 0 Å². The van der Waals surface area contributed by atoms with Crippen LogP contribution in [0.4, 0.5) is 9.59 Å². The van der Waals surface area contributed by atoms with Gasteiger partial charge in [-0.05, 0) is 41.5 Å². The van der Waals surface area contributed by atoms with Gasteiger partial charge in [0.15, 0.2) is 0 Å². The molecule has 0 heterocycles. The minimum Gasteiger partial charge on any atom is -0.443 e. The summed E-state index contributed by atoms with van der Waals surface area (Å²) in [6.45, 7) is 12.4. The summed E-state index contributed by atoms with van der Waals surface area (Å²) in [5, 5.41) is 4.27. The molecule has 0 aromatic heterocycles. The SMILES string of the molecule is CC(C)(C)OC(=O)NN(CCNCCN)NC(=O)OC(C)(C)C. The van der Waals surface area contributed by atoms with Gasteiger partial charge in [0, 0.05) is 19.6 Å². The topological polar surface area (TPSA) is 118 Å². The Morgan fingerprint density at radius 1 is 0.913 bits per heavy atom. The lowest BCUT2D eigenvalue weighted by molar-refractivity contribution is 0.00690. The zero-order valence-electron chi connectivity index (χ0n) is 15.0. The first-order chi connectivity index (χ1) is 10.4. The third-order valence-corrected chi connectivity index (χ3v) is 2.08. The smallest absolute Gasteiger partial charge is 0.423 e. The lowest BCUT2D eigenvalue weighted by Crippen LogP contribution is -2.56. The van der Waals surface area contributed by atoms with Crippen LogP contribution in [0, 0.1) is 0 Å². The third kappa shape index (κ3) is 13.8. The normalized spacial score (nSPS) is 12.0. The van der Waals surface area contributed by atoms with E-state index in [9.17, 15) is 9.59 Å². The molecule has 0 spiro atoms. The van der Waals surface area contributed by atoms with Gasteiger partial charge in [-0.1, -0.05) is 0 Å². The molecule has 0 aliphatic rings. The minimum atomic E-state index is -0.674. The Kier molecular flexibility index (Phi) is 8.88. The van der Waals surface area contributed by atoms with Crippen molar-refractivity contribution >= 4 is 12.2 Å². The Labute approximate surface area is 138 Å². The summed E-state index contributed by atoms with van der Waals surface area (Å²) in [5.41, 5.74) is 9.02. The van der Waals surface area contributed by atoms with E-state index in [1.165, 1.54) is 5.12 Å². The highest BCUT2D eigenvalue weighted by atomic mass is 16.6. The lowest BCUT2D eigenvalue weighted by atomic mass is 10.2. The van der Waals surface area contributed by atoms with Gasteiger partial charge in [0.2, 0.25) is 0 Å². The van der Waals surface area contributed by atoms with Gasteiger partial charge in [-0.25, -0.2) is 20.4 Å². The number of nitrogens with two attached hydrogens (primary N) is 1. The first-order valence-corrected chi connectivity index (χ1v) is 7.60. The van der Waals surface area contributed by atoms with Crippen molar-refractivity contribution < 1.29 is 19.1 Å². The molecule has 0 saturated heterocycles. The molecule has 0 rings (SSSR count). The predicted molar refractivity (Wildman–Crippen MR) is 87.4 cm³/mol. The van der Waals surface area contributed by atoms with E-state index in [1.807, 2.05) is 0 Å². The van der Waals surface area contributed by atoms with Crippen LogP contribution in [0.2, 0.25) is 0 Å². The molecule has 9 heteroatoms. The van der Waals surface area contributed by atoms with Gasteiger partial charge < -0.3 is 20.5 Å². The average molecular weight is 333 g/mol. The number of carbonyl (C=O) groups excluding carboxylic acids is 2. The number of nitrogens with zero attached hydrogens (tertiary/aromatic N) is 1. The maximum absolute atomic E-state index is 11.8. The maximum atomic E-state index is 11.8. The highest BCUT2D eigenvalue weighted by molar-refractivity contribution is 5.69. The molecule has 0 bridgehead atoms. The average Bonchev–Trinajstić information content (AvgIpc) is 2.29. The first-order valence-electron chi connectivity index (χ1n) is 7.60. The monoisotopic (exact) mass is 333 g/mol. The van der Waals surface area contributed by atoms with E-state index in [0.717, 1.165) is 0 Å². The van der Waals surface area contributed by atoms with Crippen LogP contribution in [0.5, 0.6) is 0 Å². The van der Waals surface area contributed by atoms with E-state index in [-0.39, 0.29) is 0 Å². The second-order valence-corrected chi connectivity index (χ2v) is 6.92. The van der Waals surface area contributed by atoms with E-state index < -0.39 is 23.4 Å². The molecule has 2 amide bonds. The molecule has 23 heavy (non-hydrogen) atoms. The summed E-state index contributed by atoms with van der Waals surface area (Å²) < 4.78 is 10.3. The third-order valence-electron chi connectivity index (χ3n) is 2.08. The molecular formula is C14H31N5O4. The second kappa shape index (κ2) is 9.53. The van der Waals surface area contributed by atoms with Gasteiger partial charge in [0.1, 0.15) is 11.2 Å². The van der Waals surface area contributed by atoms with Gasteiger partial charge in [-0.3, -0.25) is 0 Å². The number of nitrogens with one attached hydrogen (secondary N) is 3. The quantitative estimate of drug-likeness (QED) is 0.400. The Morgan fingerprint density at radius 2 is 1.35 bits per heavy atom. The van der Waals surface area contributed by atoms with Crippen molar-refractivity contribution in [1.29, 1.82) is 0 Å². The Balaban J connectivity index is 4.55. The van der Waals surface area contributed by atoms with Crippen LogP contribution in [-0.2, 0) is 9.47 Å². The number of ether oxygens (including phenoxy) is 2. The molecular weight excluding hydrogens is 302 g/mol. The zero-order valence-corrected chi connectivity index (χ0v) is 15.0. The molecule has 5 N–H and O–H groups in total. The summed E-state index contributed by atoms with van der Waals surface area (Å²) in [6.07, 6.45) is -1.35. The fraction of sp³-hybridized carbons (Fsp3) is 0.857. The molecule has 0 radical (unpaired) electrons. The van der Waals surface area contributed by atoms with Crippen LogP contribution in [0.1, 0.15) is 41.5 Å². The van der Waals surface area contributed by atoms with Crippen molar-refractivity contribution in [3.05, 3.63) is 0 Å². The molecule has 0 aliphatic heterocycles. The van der Waals surface area contributed by atoms with Gasteiger partial charge >= 0.3 is 12.2 Å². The van der Waals surface area contributed by atoms with Crippen LogP contribution in [0.15, 0.2) is 0 Å². The molecule has 0 saturated carbocycles. The minimum absolute atomic E-state index is 0.304.